The van der Waals surface area contributed by atoms with E-state index in [4.69, 9.17) is 28.9 Å². The number of amides is 1. The average Bonchev–Trinajstić information content (AvgIpc) is 2.43. The Morgan fingerprint density at radius 3 is 2.70 bits per heavy atom. The summed E-state index contributed by atoms with van der Waals surface area (Å²) in [5, 5.41) is 0.891. The molecule has 0 aliphatic rings. The first kappa shape index (κ1) is 14.6. The van der Waals surface area contributed by atoms with Crippen LogP contribution in [0.3, 0.4) is 0 Å². The zero-order chi connectivity index (χ0) is 14.7. The SMILES string of the molecule is CN(Cc1ccccc1Cl)C(=O)c1cc(N)ncc1Cl. The van der Waals surface area contributed by atoms with Crippen molar-refractivity contribution in [3.8, 4) is 0 Å². The third-order valence-corrected chi connectivity index (χ3v) is 3.49. The average molecular weight is 310 g/mol. The van der Waals surface area contributed by atoms with Gasteiger partial charge < -0.3 is 10.6 Å². The highest BCUT2D eigenvalue weighted by Gasteiger charge is 2.17. The van der Waals surface area contributed by atoms with Crippen molar-refractivity contribution in [2.24, 2.45) is 0 Å². The van der Waals surface area contributed by atoms with E-state index in [-0.39, 0.29) is 16.7 Å². The Kier molecular flexibility index (Phi) is 4.47. The Balaban J connectivity index is 2.21. The van der Waals surface area contributed by atoms with Crippen molar-refractivity contribution < 1.29 is 4.79 Å². The molecule has 2 aromatic rings. The van der Waals surface area contributed by atoms with E-state index >= 15 is 0 Å². The molecular weight excluding hydrogens is 297 g/mol. The number of halogens is 2. The van der Waals surface area contributed by atoms with E-state index < -0.39 is 0 Å². The summed E-state index contributed by atoms with van der Waals surface area (Å²) < 4.78 is 0. The lowest BCUT2D eigenvalue weighted by molar-refractivity contribution is 0.0785. The van der Waals surface area contributed by atoms with Crippen molar-refractivity contribution in [1.82, 2.24) is 9.88 Å². The standard InChI is InChI=1S/C14H13Cl2N3O/c1-19(8-9-4-2-3-5-11(9)15)14(20)10-6-13(17)18-7-12(10)16/h2-7H,8H2,1H3,(H2,17,18). The third kappa shape index (κ3) is 3.21. The fraction of sp³-hybridized carbons (Fsp3) is 0.143. The maximum Gasteiger partial charge on any atom is 0.255 e. The molecule has 0 unspecified atom stereocenters. The quantitative estimate of drug-likeness (QED) is 0.947. The number of carbonyl (C=O) groups excluding carboxylic acids is 1. The molecule has 2 rings (SSSR count). The minimum Gasteiger partial charge on any atom is -0.384 e. The van der Waals surface area contributed by atoms with E-state index in [9.17, 15) is 4.79 Å². The molecule has 0 bridgehead atoms. The van der Waals surface area contributed by atoms with Crippen LogP contribution in [0.15, 0.2) is 36.5 Å². The molecule has 4 nitrogen and oxygen atoms in total. The second-order valence-corrected chi connectivity index (χ2v) is 5.16. The van der Waals surface area contributed by atoms with Crippen LogP contribution >= 0.6 is 23.2 Å². The van der Waals surface area contributed by atoms with E-state index in [0.717, 1.165) is 5.56 Å². The fourth-order valence-corrected chi connectivity index (χ4v) is 2.16. The second-order valence-electron chi connectivity index (χ2n) is 4.34. The number of hydrogen-bond donors (Lipinski definition) is 1. The van der Waals surface area contributed by atoms with Gasteiger partial charge in [-0.15, -0.1) is 0 Å². The highest BCUT2D eigenvalue weighted by atomic mass is 35.5. The predicted molar refractivity (Wildman–Crippen MR) is 80.9 cm³/mol. The topological polar surface area (TPSA) is 59.2 Å². The minimum atomic E-state index is -0.232. The number of nitrogens with two attached hydrogens (primary N) is 1. The van der Waals surface area contributed by atoms with Crippen LogP contribution in [0, 0.1) is 0 Å². The second kappa shape index (κ2) is 6.11. The third-order valence-electron chi connectivity index (χ3n) is 2.82. The number of carbonyl (C=O) groups is 1. The maximum absolute atomic E-state index is 12.3. The van der Waals surface area contributed by atoms with Gasteiger partial charge in [-0.3, -0.25) is 4.79 Å². The van der Waals surface area contributed by atoms with Crippen molar-refractivity contribution in [2.45, 2.75) is 6.54 Å². The smallest absolute Gasteiger partial charge is 0.255 e. The molecule has 0 spiro atoms. The van der Waals surface area contributed by atoms with Crippen molar-refractivity contribution >= 4 is 34.9 Å². The Labute approximate surface area is 127 Å². The van der Waals surface area contributed by atoms with Crippen molar-refractivity contribution in [2.75, 3.05) is 12.8 Å². The minimum absolute atomic E-state index is 0.232. The Morgan fingerprint density at radius 2 is 2.00 bits per heavy atom. The molecule has 104 valence electrons. The molecule has 0 aliphatic heterocycles. The van der Waals surface area contributed by atoms with Crippen molar-refractivity contribution in [3.05, 3.63) is 57.7 Å². The van der Waals surface area contributed by atoms with Crippen LogP contribution in [-0.4, -0.2) is 22.8 Å². The van der Waals surface area contributed by atoms with Crippen LogP contribution in [0.2, 0.25) is 10.0 Å². The van der Waals surface area contributed by atoms with Gasteiger partial charge in [-0.1, -0.05) is 41.4 Å². The molecule has 20 heavy (non-hydrogen) atoms. The number of anilines is 1. The van der Waals surface area contributed by atoms with Gasteiger partial charge in [0.1, 0.15) is 5.82 Å². The maximum atomic E-state index is 12.3. The van der Waals surface area contributed by atoms with E-state index in [1.54, 1.807) is 13.1 Å². The first-order valence-electron chi connectivity index (χ1n) is 5.89. The summed E-state index contributed by atoms with van der Waals surface area (Å²) in [5.41, 5.74) is 6.77. The normalized spacial score (nSPS) is 10.3. The van der Waals surface area contributed by atoms with Gasteiger partial charge in [-0.05, 0) is 17.7 Å². The van der Waals surface area contributed by atoms with Crippen LogP contribution < -0.4 is 5.73 Å². The molecule has 0 radical (unpaired) electrons. The van der Waals surface area contributed by atoms with E-state index in [1.807, 2.05) is 18.2 Å². The van der Waals surface area contributed by atoms with E-state index in [2.05, 4.69) is 4.98 Å². The summed E-state index contributed by atoms with van der Waals surface area (Å²) in [6.07, 6.45) is 1.37. The van der Waals surface area contributed by atoms with Crippen LogP contribution in [0.25, 0.3) is 0 Å². The number of benzene rings is 1. The Hall–Kier alpha value is -1.78. The number of nitrogen functional groups attached to an aromatic ring is 1. The molecule has 6 heteroatoms. The van der Waals surface area contributed by atoms with Gasteiger partial charge in [0, 0.05) is 24.8 Å². The largest absolute Gasteiger partial charge is 0.384 e. The molecular formula is C14H13Cl2N3O. The number of rotatable bonds is 3. The summed E-state index contributed by atoms with van der Waals surface area (Å²) >= 11 is 12.1. The van der Waals surface area contributed by atoms with Crippen molar-refractivity contribution in [3.63, 3.8) is 0 Å². The monoisotopic (exact) mass is 309 g/mol. The van der Waals surface area contributed by atoms with Crippen LogP contribution in [-0.2, 0) is 6.54 Å². The van der Waals surface area contributed by atoms with Crippen molar-refractivity contribution in [1.29, 1.82) is 0 Å². The summed E-state index contributed by atoms with van der Waals surface area (Å²) in [4.78, 5) is 17.7. The summed E-state index contributed by atoms with van der Waals surface area (Å²) in [5.74, 6) is 0.0212. The predicted octanol–water partition coefficient (Wildman–Crippen LogP) is 3.24. The molecule has 1 aromatic heterocycles. The van der Waals surface area contributed by atoms with Gasteiger partial charge in [-0.2, -0.15) is 0 Å². The van der Waals surface area contributed by atoms with Gasteiger partial charge in [0.25, 0.3) is 5.91 Å². The molecule has 1 aromatic carbocycles. The lowest BCUT2D eigenvalue weighted by Gasteiger charge is -2.18. The molecule has 2 N–H and O–H groups in total. The molecule has 0 fully saturated rings. The Bertz CT molecular complexity index is 646. The highest BCUT2D eigenvalue weighted by molar-refractivity contribution is 6.33. The van der Waals surface area contributed by atoms with E-state index in [1.165, 1.54) is 17.2 Å². The lowest BCUT2D eigenvalue weighted by Crippen LogP contribution is -2.26. The zero-order valence-corrected chi connectivity index (χ0v) is 12.3. The van der Waals surface area contributed by atoms with Gasteiger partial charge in [0.05, 0.1) is 10.6 Å². The number of hydrogen-bond acceptors (Lipinski definition) is 3. The molecule has 1 amide bonds. The Morgan fingerprint density at radius 1 is 1.30 bits per heavy atom. The lowest BCUT2D eigenvalue weighted by atomic mass is 10.2. The summed E-state index contributed by atoms with van der Waals surface area (Å²) in [6, 6.07) is 8.83. The van der Waals surface area contributed by atoms with Crippen LogP contribution in [0.1, 0.15) is 15.9 Å². The molecule has 0 aliphatic carbocycles. The summed E-state index contributed by atoms with van der Waals surface area (Å²) in [7, 11) is 1.68. The van der Waals surface area contributed by atoms with Crippen LogP contribution in [0.5, 0.6) is 0 Å². The van der Waals surface area contributed by atoms with Gasteiger partial charge in [0.2, 0.25) is 0 Å². The van der Waals surface area contributed by atoms with Crippen LogP contribution in [0.4, 0.5) is 5.82 Å². The first-order valence-corrected chi connectivity index (χ1v) is 6.64. The molecule has 0 saturated carbocycles. The number of aromatic nitrogens is 1. The van der Waals surface area contributed by atoms with E-state index in [0.29, 0.717) is 17.1 Å². The zero-order valence-electron chi connectivity index (χ0n) is 10.8. The highest BCUT2D eigenvalue weighted by Crippen LogP contribution is 2.21. The molecule has 0 saturated heterocycles. The summed E-state index contributed by atoms with van der Waals surface area (Å²) in [6.45, 7) is 0.386. The molecule has 1 heterocycles. The fourth-order valence-electron chi connectivity index (χ4n) is 1.78. The van der Waals surface area contributed by atoms with Gasteiger partial charge in [0.15, 0.2) is 0 Å². The molecule has 0 atom stereocenters. The first-order chi connectivity index (χ1) is 9.49. The number of nitrogens with zero attached hydrogens (tertiary/aromatic N) is 2. The van der Waals surface area contributed by atoms with Gasteiger partial charge in [-0.25, -0.2) is 4.98 Å². The number of pyridine rings is 1. The van der Waals surface area contributed by atoms with Gasteiger partial charge >= 0.3 is 0 Å².